The third-order valence-corrected chi connectivity index (χ3v) is 3.72. The molecule has 0 atom stereocenters. The number of aliphatic hydroxyl groups excluding tert-OH is 1. The first-order chi connectivity index (χ1) is 8.08. The van der Waals surface area contributed by atoms with Gasteiger partial charge in [-0.05, 0) is 29.7 Å². The summed E-state index contributed by atoms with van der Waals surface area (Å²) in [5, 5.41) is 21.5. The highest BCUT2D eigenvalue weighted by Crippen LogP contribution is 2.34. The number of aliphatic hydroxyl groups is 2. The molecule has 0 saturated heterocycles. The molecular formula is C9H6F2N2O2S2. The van der Waals surface area contributed by atoms with Crippen LogP contribution in [0.1, 0.15) is 12.0 Å². The van der Waals surface area contributed by atoms with Crippen LogP contribution in [0.25, 0.3) is 0 Å². The SMILES string of the molecule is OC(O)c1nnsc1Sc1ccc(F)c(F)c1. The quantitative estimate of drug-likeness (QED) is 0.839. The molecule has 1 aromatic carbocycles. The average Bonchev–Trinajstić information content (AvgIpc) is 2.72. The molecule has 2 N–H and O–H groups in total. The predicted molar refractivity (Wildman–Crippen MR) is 57.6 cm³/mol. The molecule has 0 spiro atoms. The molecule has 0 radical (unpaired) electrons. The van der Waals surface area contributed by atoms with Crippen molar-refractivity contribution >= 4 is 23.3 Å². The van der Waals surface area contributed by atoms with E-state index in [1.807, 2.05) is 0 Å². The molecule has 0 fully saturated rings. The van der Waals surface area contributed by atoms with Crippen molar-refractivity contribution in [2.75, 3.05) is 0 Å². The van der Waals surface area contributed by atoms with Gasteiger partial charge >= 0.3 is 0 Å². The molecule has 0 amide bonds. The predicted octanol–water partition coefficient (Wildman–Crippen LogP) is 1.95. The van der Waals surface area contributed by atoms with Crippen molar-refractivity contribution in [3.8, 4) is 0 Å². The lowest BCUT2D eigenvalue weighted by Gasteiger charge is -2.02. The van der Waals surface area contributed by atoms with Gasteiger partial charge in [0, 0.05) is 4.90 Å². The normalized spacial score (nSPS) is 11.1. The molecule has 1 heterocycles. The number of benzene rings is 1. The number of hydrogen-bond donors (Lipinski definition) is 2. The summed E-state index contributed by atoms with van der Waals surface area (Å²) >= 11 is 1.99. The fraction of sp³-hybridized carbons (Fsp3) is 0.111. The van der Waals surface area contributed by atoms with E-state index >= 15 is 0 Å². The molecule has 90 valence electrons. The maximum Gasteiger partial charge on any atom is 0.200 e. The molecule has 0 aliphatic heterocycles. The van der Waals surface area contributed by atoms with Gasteiger partial charge in [0.05, 0.1) is 0 Å². The van der Waals surface area contributed by atoms with Gasteiger partial charge in [0.1, 0.15) is 9.90 Å². The molecule has 8 heteroatoms. The van der Waals surface area contributed by atoms with Gasteiger partial charge in [0.15, 0.2) is 17.9 Å². The van der Waals surface area contributed by atoms with Crippen LogP contribution in [-0.2, 0) is 0 Å². The highest BCUT2D eigenvalue weighted by molar-refractivity contribution is 8.01. The summed E-state index contributed by atoms with van der Waals surface area (Å²) in [5.41, 5.74) is 0.00438. The maximum absolute atomic E-state index is 13.0. The Kier molecular flexibility index (Phi) is 3.67. The number of rotatable bonds is 3. The Labute approximate surface area is 103 Å². The first kappa shape index (κ1) is 12.4. The summed E-state index contributed by atoms with van der Waals surface area (Å²) in [5.74, 6) is -1.89. The zero-order valence-corrected chi connectivity index (χ0v) is 9.80. The van der Waals surface area contributed by atoms with Gasteiger partial charge in [-0.2, -0.15) is 0 Å². The molecule has 0 aliphatic rings. The van der Waals surface area contributed by atoms with Crippen molar-refractivity contribution in [1.82, 2.24) is 9.59 Å². The van der Waals surface area contributed by atoms with Crippen LogP contribution in [0.3, 0.4) is 0 Å². The smallest absolute Gasteiger partial charge is 0.200 e. The molecule has 0 aliphatic carbocycles. The van der Waals surface area contributed by atoms with Crippen molar-refractivity contribution in [3.63, 3.8) is 0 Å². The van der Waals surface area contributed by atoms with E-state index in [1.54, 1.807) is 0 Å². The van der Waals surface area contributed by atoms with Crippen LogP contribution in [0.5, 0.6) is 0 Å². The molecule has 2 rings (SSSR count). The van der Waals surface area contributed by atoms with E-state index in [0.717, 1.165) is 35.4 Å². The largest absolute Gasteiger partial charge is 0.363 e. The Morgan fingerprint density at radius 3 is 2.65 bits per heavy atom. The molecule has 17 heavy (non-hydrogen) atoms. The lowest BCUT2D eigenvalue weighted by molar-refractivity contribution is -0.0477. The van der Waals surface area contributed by atoms with Crippen molar-refractivity contribution in [3.05, 3.63) is 35.5 Å². The van der Waals surface area contributed by atoms with Gasteiger partial charge in [0.25, 0.3) is 0 Å². The molecule has 0 saturated carbocycles. The second-order valence-electron chi connectivity index (χ2n) is 3.00. The third-order valence-electron chi connectivity index (χ3n) is 1.83. The summed E-state index contributed by atoms with van der Waals surface area (Å²) < 4.78 is 29.6. The van der Waals surface area contributed by atoms with Crippen LogP contribution < -0.4 is 0 Å². The van der Waals surface area contributed by atoms with Crippen LogP contribution in [0.4, 0.5) is 8.78 Å². The Morgan fingerprint density at radius 2 is 2.00 bits per heavy atom. The number of halogens is 2. The summed E-state index contributed by atoms with van der Waals surface area (Å²) in [7, 11) is 0. The fourth-order valence-electron chi connectivity index (χ4n) is 1.06. The summed E-state index contributed by atoms with van der Waals surface area (Å²) in [6.45, 7) is 0. The first-order valence-electron chi connectivity index (χ1n) is 4.39. The number of aromatic nitrogens is 2. The molecule has 1 aromatic heterocycles. The van der Waals surface area contributed by atoms with Crippen LogP contribution in [0.2, 0.25) is 0 Å². The molecule has 2 aromatic rings. The molecular weight excluding hydrogens is 270 g/mol. The molecule has 0 bridgehead atoms. The van der Waals surface area contributed by atoms with Crippen molar-refractivity contribution in [1.29, 1.82) is 0 Å². The zero-order valence-electron chi connectivity index (χ0n) is 8.17. The Morgan fingerprint density at radius 1 is 1.24 bits per heavy atom. The molecule has 4 nitrogen and oxygen atoms in total. The van der Waals surface area contributed by atoms with Crippen LogP contribution in [0, 0.1) is 11.6 Å². The number of hydrogen-bond acceptors (Lipinski definition) is 6. The topological polar surface area (TPSA) is 66.2 Å². The van der Waals surface area contributed by atoms with E-state index in [9.17, 15) is 8.78 Å². The van der Waals surface area contributed by atoms with Gasteiger partial charge in [-0.25, -0.2) is 8.78 Å². The minimum Gasteiger partial charge on any atom is -0.363 e. The van der Waals surface area contributed by atoms with Gasteiger partial charge in [-0.3, -0.25) is 0 Å². The zero-order chi connectivity index (χ0) is 12.4. The average molecular weight is 276 g/mol. The standard InChI is InChI=1S/C9H6F2N2O2S2/c10-5-2-1-4(3-6(5)11)16-9-7(8(14)15)12-13-17-9/h1-3,8,14-15H. The fourth-order valence-corrected chi connectivity index (χ4v) is 2.81. The minimum absolute atomic E-state index is 0.00438. The van der Waals surface area contributed by atoms with Crippen LogP contribution in [0.15, 0.2) is 27.3 Å². The van der Waals surface area contributed by atoms with Gasteiger partial charge in [0.2, 0.25) is 0 Å². The second-order valence-corrected chi connectivity index (χ2v) is 5.09. The van der Waals surface area contributed by atoms with E-state index in [2.05, 4.69) is 9.59 Å². The Bertz CT molecular complexity index is 533. The first-order valence-corrected chi connectivity index (χ1v) is 5.98. The van der Waals surface area contributed by atoms with Crippen LogP contribution >= 0.6 is 23.3 Å². The van der Waals surface area contributed by atoms with Crippen molar-refractivity contribution < 1.29 is 19.0 Å². The van der Waals surface area contributed by atoms with Crippen molar-refractivity contribution in [2.24, 2.45) is 0 Å². The van der Waals surface area contributed by atoms with E-state index in [1.165, 1.54) is 6.07 Å². The van der Waals surface area contributed by atoms with E-state index < -0.39 is 17.9 Å². The van der Waals surface area contributed by atoms with Crippen LogP contribution in [-0.4, -0.2) is 19.8 Å². The van der Waals surface area contributed by atoms with E-state index in [4.69, 9.17) is 10.2 Å². The van der Waals surface area contributed by atoms with Gasteiger partial charge in [-0.1, -0.05) is 16.3 Å². The summed E-state index contributed by atoms with van der Waals surface area (Å²) in [6.07, 6.45) is -1.73. The molecule has 0 unspecified atom stereocenters. The monoisotopic (exact) mass is 276 g/mol. The van der Waals surface area contributed by atoms with Gasteiger partial charge in [-0.15, -0.1) is 5.10 Å². The third kappa shape index (κ3) is 2.78. The van der Waals surface area contributed by atoms with E-state index in [0.29, 0.717) is 9.10 Å². The van der Waals surface area contributed by atoms with Crippen molar-refractivity contribution in [2.45, 2.75) is 15.4 Å². The Balaban J connectivity index is 2.25. The summed E-state index contributed by atoms with van der Waals surface area (Å²) in [6, 6.07) is 3.41. The number of nitrogens with zero attached hydrogens (tertiary/aromatic N) is 2. The lowest BCUT2D eigenvalue weighted by Crippen LogP contribution is -1.96. The minimum atomic E-state index is -1.73. The maximum atomic E-state index is 13.0. The highest BCUT2D eigenvalue weighted by atomic mass is 32.2. The summed E-state index contributed by atoms with van der Waals surface area (Å²) in [4.78, 5) is 0.428. The lowest BCUT2D eigenvalue weighted by atomic mass is 10.3. The van der Waals surface area contributed by atoms with E-state index in [-0.39, 0.29) is 5.69 Å². The Hall–Kier alpha value is -1.09. The van der Waals surface area contributed by atoms with Gasteiger partial charge < -0.3 is 10.2 Å². The second kappa shape index (κ2) is 5.05. The highest BCUT2D eigenvalue weighted by Gasteiger charge is 2.16.